The quantitative estimate of drug-likeness (QED) is 0.475. The van der Waals surface area contributed by atoms with E-state index in [1.807, 2.05) is 0 Å². The van der Waals surface area contributed by atoms with Gasteiger partial charge in [0.15, 0.2) is 0 Å². The molecule has 1 rings (SSSR count). The summed E-state index contributed by atoms with van der Waals surface area (Å²) < 4.78 is 9.62. The van der Waals surface area contributed by atoms with Gasteiger partial charge in [-0.05, 0) is 6.42 Å². The molecule has 0 aliphatic carbocycles. The monoisotopic (exact) mass is 188 g/mol. The average molecular weight is 188 g/mol. The third kappa shape index (κ3) is 5.19. The lowest BCUT2D eigenvalue weighted by molar-refractivity contribution is -0.144. The number of carbonyl (C=O) groups excluding carboxylic acids is 1. The van der Waals surface area contributed by atoms with E-state index in [1.54, 1.807) is 0 Å². The zero-order chi connectivity index (χ0) is 9.68. The van der Waals surface area contributed by atoms with Crippen molar-refractivity contribution in [3.63, 3.8) is 0 Å². The van der Waals surface area contributed by atoms with E-state index in [9.17, 15) is 9.59 Å². The van der Waals surface area contributed by atoms with Gasteiger partial charge in [-0.1, -0.05) is 0 Å². The summed E-state index contributed by atoms with van der Waals surface area (Å²) in [6.07, 6.45) is 0.580. The maximum absolute atomic E-state index is 10.9. The van der Waals surface area contributed by atoms with E-state index < -0.39 is 5.97 Å². The molecule has 5 heteroatoms. The van der Waals surface area contributed by atoms with Crippen molar-refractivity contribution < 1.29 is 24.2 Å². The Balaban J connectivity index is 1.93. The highest BCUT2D eigenvalue weighted by atomic mass is 16.6. The van der Waals surface area contributed by atoms with Gasteiger partial charge in [0, 0.05) is 12.8 Å². The maximum Gasteiger partial charge on any atom is 0.305 e. The van der Waals surface area contributed by atoms with Crippen molar-refractivity contribution in [1.29, 1.82) is 0 Å². The molecule has 0 aromatic heterocycles. The molecule has 0 radical (unpaired) electrons. The summed E-state index contributed by atoms with van der Waals surface area (Å²) in [4.78, 5) is 21.0. The Bertz CT molecular complexity index is 197. The molecule has 5 nitrogen and oxygen atoms in total. The van der Waals surface area contributed by atoms with Crippen LogP contribution in [0.1, 0.15) is 19.3 Å². The number of ether oxygens (including phenoxy) is 2. The van der Waals surface area contributed by atoms with Crippen LogP contribution in [-0.2, 0) is 19.1 Å². The predicted octanol–water partition coefficient (Wildman–Crippen LogP) is 0.183. The van der Waals surface area contributed by atoms with Crippen LogP contribution in [0.2, 0.25) is 0 Å². The van der Waals surface area contributed by atoms with Gasteiger partial charge in [-0.25, -0.2) is 0 Å². The van der Waals surface area contributed by atoms with Crippen molar-refractivity contribution in [3.05, 3.63) is 0 Å². The van der Waals surface area contributed by atoms with Crippen LogP contribution in [0.5, 0.6) is 0 Å². The van der Waals surface area contributed by atoms with Gasteiger partial charge >= 0.3 is 11.9 Å². The fourth-order valence-electron chi connectivity index (χ4n) is 0.806. The number of carbonyl (C=O) groups is 2. The molecule has 0 saturated carbocycles. The van der Waals surface area contributed by atoms with Crippen molar-refractivity contribution in [2.24, 2.45) is 0 Å². The van der Waals surface area contributed by atoms with Gasteiger partial charge in [0.1, 0.15) is 12.7 Å². The minimum atomic E-state index is -0.890. The Morgan fingerprint density at radius 2 is 2.15 bits per heavy atom. The zero-order valence-electron chi connectivity index (χ0n) is 7.19. The van der Waals surface area contributed by atoms with Crippen LogP contribution in [0.4, 0.5) is 0 Å². The highest BCUT2D eigenvalue weighted by Gasteiger charge is 2.23. The molecular formula is C8H12O5. The zero-order valence-corrected chi connectivity index (χ0v) is 7.19. The van der Waals surface area contributed by atoms with Crippen LogP contribution in [-0.4, -0.2) is 36.4 Å². The van der Waals surface area contributed by atoms with E-state index in [-0.39, 0.29) is 24.9 Å². The molecule has 74 valence electrons. The van der Waals surface area contributed by atoms with Gasteiger partial charge in [0.2, 0.25) is 0 Å². The summed E-state index contributed by atoms with van der Waals surface area (Å²) in [5.41, 5.74) is 0. The van der Waals surface area contributed by atoms with Gasteiger partial charge in [0.05, 0.1) is 6.61 Å². The van der Waals surface area contributed by atoms with Gasteiger partial charge < -0.3 is 14.6 Å². The molecule has 1 heterocycles. The van der Waals surface area contributed by atoms with Crippen molar-refractivity contribution >= 4 is 11.9 Å². The normalized spacial score (nSPS) is 19.5. The maximum atomic E-state index is 10.9. The largest absolute Gasteiger partial charge is 0.481 e. The molecular weight excluding hydrogens is 176 g/mol. The van der Waals surface area contributed by atoms with Crippen LogP contribution >= 0.6 is 0 Å². The summed E-state index contributed by atoms with van der Waals surface area (Å²) in [6.45, 7) is 0.953. The molecule has 1 fully saturated rings. The van der Waals surface area contributed by atoms with E-state index >= 15 is 0 Å². The van der Waals surface area contributed by atoms with E-state index in [1.165, 1.54) is 0 Å². The lowest BCUT2D eigenvalue weighted by Gasteiger charge is -2.00. The SMILES string of the molecule is O=C(O)CCCC(=O)OCC1CO1. The molecule has 1 atom stereocenters. The minimum absolute atomic E-state index is 0.00896. The molecule has 0 aromatic rings. The summed E-state index contributed by atoms with van der Waals surface area (Å²) in [5, 5.41) is 8.28. The molecule has 13 heavy (non-hydrogen) atoms. The third-order valence-corrected chi connectivity index (χ3v) is 1.60. The van der Waals surface area contributed by atoms with Gasteiger partial charge in [-0.3, -0.25) is 9.59 Å². The van der Waals surface area contributed by atoms with Crippen molar-refractivity contribution in [3.8, 4) is 0 Å². The Labute approximate surface area is 75.6 Å². The highest BCUT2D eigenvalue weighted by Crippen LogP contribution is 2.09. The van der Waals surface area contributed by atoms with Gasteiger partial charge in [-0.2, -0.15) is 0 Å². The number of esters is 1. The third-order valence-electron chi connectivity index (χ3n) is 1.60. The predicted molar refractivity (Wildman–Crippen MR) is 42.2 cm³/mol. The Morgan fingerprint density at radius 1 is 1.46 bits per heavy atom. The van der Waals surface area contributed by atoms with E-state index in [0.29, 0.717) is 19.6 Å². The van der Waals surface area contributed by atoms with E-state index in [0.717, 1.165) is 0 Å². The molecule has 1 N–H and O–H groups in total. The summed E-state index contributed by atoms with van der Waals surface area (Å²) in [5.74, 6) is -1.24. The summed E-state index contributed by atoms with van der Waals surface area (Å²) in [7, 11) is 0. The minimum Gasteiger partial charge on any atom is -0.481 e. The first-order valence-electron chi connectivity index (χ1n) is 4.17. The number of hydrogen-bond acceptors (Lipinski definition) is 4. The van der Waals surface area contributed by atoms with Crippen LogP contribution in [0, 0.1) is 0 Å². The number of aliphatic carboxylic acids is 1. The topological polar surface area (TPSA) is 76.1 Å². The molecule has 1 saturated heterocycles. The average Bonchev–Trinajstić information content (AvgIpc) is 2.83. The fourth-order valence-corrected chi connectivity index (χ4v) is 0.806. The van der Waals surface area contributed by atoms with Crippen molar-refractivity contribution in [2.45, 2.75) is 25.4 Å². The first-order chi connectivity index (χ1) is 6.18. The number of hydrogen-bond donors (Lipinski definition) is 1. The van der Waals surface area contributed by atoms with Crippen LogP contribution in [0.15, 0.2) is 0 Å². The van der Waals surface area contributed by atoms with Crippen LogP contribution in [0.25, 0.3) is 0 Å². The molecule has 0 aromatic carbocycles. The van der Waals surface area contributed by atoms with Gasteiger partial charge in [-0.15, -0.1) is 0 Å². The second-order valence-electron chi connectivity index (χ2n) is 2.89. The second-order valence-corrected chi connectivity index (χ2v) is 2.89. The standard InChI is InChI=1S/C8H12O5/c9-7(10)2-1-3-8(11)13-5-6-4-12-6/h6H,1-5H2,(H,9,10). The van der Waals surface area contributed by atoms with Crippen LogP contribution in [0.3, 0.4) is 0 Å². The fraction of sp³-hybridized carbons (Fsp3) is 0.750. The molecule has 0 amide bonds. The number of epoxide rings is 1. The Kier molecular flexibility index (Phi) is 3.70. The number of carboxylic acid groups (broad SMARTS) is 1. The molecule has 1 aliphatic rings. The first-order valence-corrected chi connectivity index (χ1v) is 4.17. The molecule has 0 spiro atoms. The number of rotatable bonds is 6. The van der Waals surface area contributed by atoms with E-state index in [2.05, 4.69) is 0 Å². The molecule has 0 bridgehead atoms. The highest BCUT2D eigenvalue weighted by molar-refractivity contribution is 5.71. The Morgan fingerprint density at radius 3 is 2.69 bits per heavy atom. The summed E-state index contributed by atoms with van der Waals surface area (Å²) in [6, 6.07) is 0. The van der Waals surface area contributed by atoms with Crippen LogP contribution < -0.4 is 0 Å². The van der Waals surface area contributed by atoms with Gasteiger partial charge in [0.25, 0.3) is 0 Å². The lowest BCUT2D eigenvalue weighted by atomic mass is 10.2. The Hall–Kier alpha value is -1.10. The molecule has 1 aliphatic heterocycles. The first kappa shape index (κ1) is 9.98. The molecule has 1 unspecified atom stereocenters. The van der Waals surface area contributed by atoms with Crippen molar-refractivity contribution in [2.75, 3.05) is 13.2 Å². The second kappa shape index (κ2) is 4.81. The van der Waals surface area contributed by atoms with E-state index in [4.69, 9.17) is 14.6 Å². The smallest absolute Gasteiger partial charge is 0.305 e. The summed E-state index contributed by atoms with van der Waals surface area (Å²) >= 11 is 0. The number of carboxylic acids is 1. The lowest BCUT2D eigenvalue weighted by Crippen LogP contribution is -2.10. The van der Waals surface area contributed by atoms with Crippen molar-refractivity contribution in [1.82, 2.24) is 0 Å².